The maximum atomic E-state index is 11.6. The Morgan fingerprint density at radius 3 is 2.21 bits per heavy atom. The minimum Gasteiger partial charge on any atom is -0.466 e. The van der Waals surface area contributed by atoms with Gasteiger partial charge in [0.1, 0.15) is 0 Å². The number of benzene rings is 3. The van der Waals surface area contributed by atoms with E-state index < -0.39 is 0 Å². The Morgan fingerprint density at radius 1 is 1.00 bits per heavy atom. The van der Waals surface area contributed by atoms with Crippen LogP contribution in [0.1, 0.15) is 17.5 Å². The molecule has 0 amide bonds. The zero-order valence-electron chi connectivity index (χ0n) is 13.6. The highest BCUT2D eigenvalue weighted by Crippen LogP contribution is 2.34. The molecule has 24 heavy (non-hydrogen) atoms. The summed E-state index contributed by atoms with van der Waals surface area (Å²) in [7, 11) is 1.40. The van der Waals surface area contributed by atoms with Gasteiger partial charge in [-0.05, 0) is 51.6 Å². The topological polar surface area (TPSA) is 26.3 Å². The van der Waals surface area contributed by atoms with Crippen LogP contribution >= 0.6 is 15.9 Å². The van der Waals surface area contributed by atoms with E-state index in [0.717, 1.165) is 23.7 Å². The largest absolute Gasteiger partial charge is 0.466 e. The Kier molecular flexibility index (Phi) is 5.31. The number of carbonyl (C=O) groups excluding carboxylic acids is 1. The number of carbonyl (C=O) groups is 1. The van der Waals surface area contributed by atoms with Crippen molar-refractivity contribution in [2.75, 3.05) is 12.4 Å². The lowest BCUT2D eigenvalue weighted by Crippen LogP contribution is -1.97. The summed E-state index contributed by atoms with van der Waals surface area (Å²) in [5.74, 6) is -0.335. The third-order valence-electron chi connectivity index (χ3n) is 4.23. The molecule has 0 bridgehead atoms. The minimum atomic E-state index is -0.335. The van der Waals surface area contributed by atoms with Crippen molar-refractivity contribution < 1.29 is 9.53 Å². The smallest absolute Gasteiger partial charge is 0.330 e. The van der Waals surface area contributed by atoms with Gasteiger partial charge in [-0.15, -0.1) is 0 Å². The average molecular weight is 383 g/mol. The van der Waals surface area contributed by atoms with Crippen LogP contribution < -0.4 is 0 Å². The van der Waals surface area contributed by atoms with E-state index in [1.54, 1.807) is 0 Å². The number of esters is 1. The Hall–Kier alpha value is -2.13. The van der Waals surface area contributed by atoms with Crippen LogP contribution in [0.4, 0.5) is 0 Å². The lowest BCUT2D eigenvalue weighted by Gasteiger charge is -2.15. The molecule has 0 saturated heterocycles. The second-order valence-corrected chi connectivity index (χ2v) is 6.43. The van der Waals surface area contributed by atoms with Gasteiger partial charge in [0.2, 0.25) is 0 Å². The zero-order valence-corrected chi connectivity index (χ0v) is 15.2. The van der Waals surface area contributed by atoms with E-state index in [4.69, 9.17) is 4.74 Å². The monoisotopic (exact) mass is 382 g/mol. The molecular formula is C21H19BrO2. The summed E-state index contributed by atoms with van der Waals surface area (Å²) in [6.07, 6.45) is 5.40. The Bertz CT molecular complexity index is 912. The van der Waals surface area contributed by atoms with E-state index in [1.165, 1.54) is 40.3 Å². The SMILES string of the molecule is COC(=O)/C=C/c1c(CCCBr)c2ccccc2c2ccccc12. The molecule has 3 aromatic carbocycles. The molecule has 0 N–H and O–H groups in total. The number of rotatable bonds is 5. The molecule has 0 atom stereocenters. The van der Waals surface area contributed by atoms with Gasteiger partial charge in [-0.2, -0.15) is 0 Å². The molecule has 0 saturated carbocycles. The van der Waals surface area contributed by atoms with Crippen LogP contribution in [-0.4, -0.2) is 18.4 Å². The normalized spacial score (nSPS) is 11.4. The number of aryl methyl sites for hydroxylation is 1. The van der Waals surface area contributed by atoms with Gasteiger partial charge in [0.05, 0.1) is 7.11 Å². The second kappa shape index (κ2) is 7.63. The second-order valence-electron chi connectivity index (χ2n) is 5.63. The first-order chi connectivity index (χ1) is 11.8. The van der Waals surface area contributed by atoms with E-state index >= 15 is 0 Å². The minimum absolute atomic E-state index is 0.335. The van der Waals surface area contributed by atoms with Crippen LogP contribution in [0.15, 0.2) is 54.6 Å². The van der Waals surface area contributed by atoms with E-state index in [-0.39, 0.29) is 5.97 Å². The van der Waals surface area contributed by atoms with Crippen LogP contribution in [0.3, 0.4) is 0 Å². The van der Waals surface area contributed by atoms with Crippen LogP contribution in [0.5, 0.6) is 0 Å². The predicted octanol–water partition coefficient (Wildman–Crippen LogP) is 5.51. The summed E-state index contributed by atoms with van der Waals surface area (Å²) >= 11 is 3.53. The molecule has 0 aromatic heterocycles. The van der Waals surface area contributed by atoms with Gasteiger partial charge in [-0.25, -0.2) is 4.79 Å². The molecule has 3 rings (SSSR count). The van der Waals surface area contributed by atoms with Gasteiger partial charge in [0.15, 0.2) is 0 Å². The molecule has 122 valence electrons. The van der Waals surface area contributed by atoms with E-state index in [2.05, 4.69) is 58.4 Å². The standard InChI is InChI=1S/C21H19BrO2/c1-24-21(23)13-12-20-18-10-5-4-8-16(18)15-7-2-3-9-17(15)19(20)11-6-14-22/h2-5,7-10,12-13H,6,11,14H2,1H3/b13-12+. The lowest BCUT2D eigenvalue weighted by molar-refractivity contribution is -0.134. The quantitative estimate of drug-likeness (QED) is 0.251. The number of alkyl halides is 1. The fourth-order valence-corrected chi connectivity index (χ4v) is 3.44. The van der Waals surface area contributed by atoms with Crippen molar-refractivity contribution in [2.24, 2.45) is 0 Å². The molecule has 0 unspecified atom stereocenters. The summed E-state index contributed by atoms with van der Waals surface area (Å²) in [4.78, 5) is 11.6. The molecule has 0 aliphatic rings. The van der Waals surface area contributed by atoms with E-state index in [1.807, 2.05) is 12.1 Å². The Labute approximate surface area is 150 Å². The average Bonchev–Trinajstić information content (AvgIpc) is 2.64. The zero-order chi connectivity index (χ0) is 16.9. The summed E-state index contributed by atoms with van der Waals surface area (Å²) in [6.45, 7) is 0. The fourth-order valence-electron chi connectivity index (χ4n) is 3.16. The number of ether oxygens (including phenoxy) is 1. The summed E-state index contributed by atoms with van der Waals surface area (Å²) in [5.41, 5.74) is 2.39. The third kappa shape index (κ3) is 3.22. The van der Waals surface area contributed by atoms with Crippen LogP contribution in [0.2, 0.25) is 0 Å². The van der Waals surface area contributed by atoms with E-state index in [0.29, 0.717) is 0 Å². The maximum absolute atomic E-state index is 11.6. The lowest BCUT2D eigenvalue weighted by atomic mass is 9.89. The number of fused-ring (bicyclic) bond motifs is 3. The highest BCUT2D eigenvalue weighted by atomic mass is 79.9. The first-order valence-electron chi connectivity index (χ1n) is 8.00. The van der Waals surface area contributed by atoms with Crippen LogP contribution in [-0.2, 0) is 16.0 Å². The van der Waals surface area contributed by atoms with Crippen molar-refractivity contribution in [3.63, 3.8) is 0 Å². The van der Waals surface area contributed by atoms with Crippen molar-refractivity contribution in [1.82, 2.24) is 0 Å². The van der Waals surface area contributed by atoms with Crippen molar-refractivity contribution in [3.05, 3.63) is 65.7 Å². The predicted molar refractivity (Wildman–Crippen MR) is 105 cm³/mol. The molecule has 0 aliphatic heterocycles. The highest BCUT2D eigenvalue weighted by molar-refractivity contribution is 9.09. The molecule has 0 aliphatic carbocycles. The van der Waals surface area contributed by atoms with Crippen molar-refractivity contribution in [2.45, 2.75) is 12.8 Å². The summed E-state index contributed by atoms with van der Waals surface area (Å²) in [6, 6.07) is 16.8. The van der Waals surface area contributed by atoms with Gasteiger partial charge in [0, 0.05) is 11.4 Å². The molecule has 3 heteroatoms. The number of hydrogen-bond donors (Lipinski definition) is 0. The first-order valence-corrected chi connectivity index (χ1v) is 9.12. The fraction of sp³-hybridized carbons (Fsp3) is 0.190. The van der Waals surface area contributed by atoms with Gasteiger partial charge in [0.25, 0.3) is 0 Å². The van der Waals surface area contributed by atoms with Gasteiger partial charge in [-0.3, -0.25) is 0 Å². The van der Waals surface area contributed by atoms with Gasteiger partial charge >= 0.3 is 5.97 Å². The highest BCUT2D eigenvalue weighted by Gasteiger charge is 2.12. The van der Waals surface area contributed by atoms with Crippen LogP contribution in [0.25, 0.3) is 27.6 Å². The number of methoxy groups -OCH3 is 1. The van der Waals surface area contributed by atoms with Crippen LogP contribution in [0, 0.1) is 0 Å². The molecular weight excluding hydrogens is 364 g/mol. The number of hydrogen-bond acceptors (Lipinski definition) is 2. The molecule has 2 nitrogen and oxygen atoms in total. The van der Waals surface area contributed by atoms with Crippen molar-refractivity contribution >= 4 is 49.5 Å². The summed E-state index contributed by atoms with van der Waals surface area (Å²) in [5, 5.41) is 5.84. The van der Waals surface area contributed by atoms with E-state index in [9.17, 15) is 4.79 Å². The Balaban J connectivity index is 2.34. The Morgan fingerprint density at radius 2 is 1.58 bits per heavy atom. The maximum Gasteiger partial charge on any atom is 0.330 e. The van der Waals surface area contributed by atoms with Crippen molar-refractivity contribution in [1.29, 1.82) is 0 Å². The third-order valence-corrected chi connectivity index (χ3v) is 4.79. The number of halogens is 1. The van der Waals surface area contributed by atoms with Crippen molar-refractivity contribution in [3.8, 4) is 0 Å². The summed E-state index contributed by atoms with van der Waals surface area (Å²) < 4.78 is 4.76. The molecule has 0 fully saturated rings. The molecule has 0 heterocycles. The molecule has 0 spiro atoms. The molecule has 3 aromatic rings. The van der Waals surface area contributed by atoms with Gasteiger partial charge in [-0.1, -0.05) is 64.5 Å². The molecule has 0 radical (unpaired) electrons. The van der Waals surface area contributed by atoms with Gasteiger partial charge < -0.3 is 4.74 Å². The first kappa shape index (κ1) is 16.7.